The molecule has 1 aromatic carbocycles. The number of halogens is 2. The Morgan fingerprint density at radius 3 is 2.20 bits per heavy atom. The van der Waals surface area contributed by atoms with Gasteiger partial charge >= 0.3 is 0 Å². The lowest BCUT2D eigenvalue weighted by molar-refractivity contribution is 0.571. The predicted octanol–water partition coefficient (Wildman–Crippen LogP) is 2.69. The van der Waals surface area contributed by atoms with Gasteiger partial charge in [0, 0.05) is 26.2 Å². The Bertz CT molecular complexity index is 595. The molecule has 2 heterocycles. The van der Waals surface area contributed by atoms with E-state index in [-0.39, 0.29) is 5.82 Å². The van der Waals surface area contributed by atoms with E-state index in [1.807, 2.05) is 15.9 Å². The summed E-state index contributed by atoms with van der Waals surface area (Å²) in [5, 5.41) is 0. The summed E-state index contributed by atoms with van der Waals surface area (Å²) in [6.07, 6.45) is 0. The van der Waals surface area contributed by atoms with Crippen LogP contribution in [-0.4, -0.2) is 31.2 Å². The third-order valence-corrected chi connectivity index (χ3v) is 3.50. The molecular formula is C15H15F2N3. The summed E-state index contributed by atoms with van der Waals surface area (Å²) in [4.78, 5) is 7.90. The van der Waals surface area contributed by atoms with E-state index >= 15 is 0 Å². The average molecular weight is 275 g/mol. The zero-order valence-electron chi connectivity index (χ0n) is 11.0. The summed E-state index contributed by atoms with van der Waals surface area (Å²) in [6.45, 7) is 2.79. The van der Waals surface area contributed by atoms with Crippen LogP contribution in [0, 0.1) is 11.8 Å². The van der Waals surface area contributed by atoms with Crippen molar-refractivity contribution in [1.82, 2.24) is 4.98 Å². The van der Waals surface area contributed by atoms with E-state index in [0.717, 1.165) is 0 Å². The van der Waals surface area contributed by atoms with Gasteiger partial charge in [0.1, 0.15) is 11.6 Å². The molecular weight excluding hydrogens is 260 g/mol. The molecule has 2 aromatic rings. The average Bonchev–Trinajstić information content (AvgIpc) is 2.48. The number of nitrogens with zero attached hydrogens (tertiary/aromatic N) is 3. The molecule has 1 aliphatic heterocycles. The topological polar surface area (TPSA) is 19.4 Å². The smallest absolute Gasteiger partial charge is 0.214 e. The van der Waals surface area contributed by atoms with Crippen molar-refractivity contribution in [2.75, 3.05) is 36.0 Å². The highest BCUT2D eigenvalue weighted by molar-refractivity contribution is 5.50. The molecule has 3 rings (SSSR count). The lowest BCUT2D eigenvalue weighted by Crippen LogP contribution is -2.47. The molecule has 0 bridgehead atoms. The van der Waals surface area contributed by atoms with Gasteiger partial charge in [0.15, 0.2) is 0 Å². The third kappa shape index (κ3) is 2.57. The molecule has 0 N–H and O–H groups in total. The summed E-state index contributed by atoms with van der Waals surface area (Å²) in [5.41, 5.74) is 0.624. The molecule has 20 heavy (non-hydrogen) atoms. The summed E-state index contributed by atoms with van der Waals surface area (Å²) in [6, 6.07) is 11.5. The van der Waals surface area contributed by atoms with Crippen LogP contribution in [0.1, 0.15) is 0 Å². The number of aromatic nitrogens is 1. The molecule has 0 spiro atoms. The van der Waals surface area contributed by atoms with E-state index in [1.54, 1.807) is 24.3 Å². The maximum Gasteiger partial charge on any atom is 0.214 e. The number of anilines is 2. The lowest BCUT2D eigenvalue weighted by Gasteiger charge is -2.36. The molecule has 104 valence electrons. The van der Waals surface area contributed by atoms with Gasteiger partial charge in [0.05, 0.1) is 5.69 Å². The standard InChI is InChI=1S/C15H15F2N3/c16-12-4-1-2-5-13(12)19-8-10-20(11-9-19)15-7-3-6-14(17)18-15/h1-7H,8-11H2. The van der Waals surface area contributed by atoms with Crippen LogP contribution in [0.5, 0.6) is 0 Å². The van der Waals surface area contributed by atoms with Crippen LogP contribution >= 0.6 is 0 Å². The number of rotatable bonds is 2. The van der Waals surface area contributed by atoms with Crippen LogP contribution in [0.3, 0.4) is 0 Å². The highest BCUT2D eigenvalue weighted by Gasteiger charge is 2.20. The molecule has 1 aliphatic rings. The Hall–Kier alpha value is -2.17. The van der Waals surface area contributed by atoms with E-state index < -0.39 is 5.95 Å². The van der Waals surface area contributed by atoms with Crippen LogP contribution < -0.4 is 9.80 Å². The predicted molar refractivity (Wildman–Crippen MR) is 75.0 cm³/mol. The van der Waals surface area contributed by atoms with E-state index in [0.29, 0.717) is 37.7 Å². The Kier molecular flexibility index (Phi) is 3.50. The van der Waals surface area contributed by atoms with Crippen molar-refractivity contribution < 1.29 is 8.78 Å². The Labute approximate surface area is 116 Å². The largest absolute Gasteiger partial charge is 0.366 e. The molecule has 0 amide bonds. The number of hydrogen-bond acceptors (Lipinski definition) is 3. The van der Waals surface area contributed by atoms with Gasteiger partial charge in [-0.05, 0) is 24.3 Å². The normalized spacial score (nSPS) is 15.5. The Morgan fingerprint density at radius 2 is 1.50 bits per heavy atom. The second kappa shape index (κ2) is 5.45. The molecule has 1 aromatic heterocycles. The van der Waals surface area contributed by atoms with E-state index in [4.69, 9.17) is 0 Å². The van der Waals surface area contributed by atoms with Crippen molar-refractivity contribution in [3.05, 3.63) is 54.2 Å². The van der Waals surface area contributed by atoms with Gasteiger partial charge < -0.3 is 9.80 Å². The maximum atomic E-state index is 13.7. The molecule has 0 atom stereocenters. The molecule has 0 unspecified atom stereocenters. The molecule has 1 saturated heterocycles. The first-order valence-electron chi connectivity index (χ1n) is 6.61. The number of hydrogen-bond donors (Lipinski definition) is 0. The first-order valence-corrected chi connectivity index (χ1v) is 6.61. The zero-order valence-corrected chi connectivity index (χ0v) is 11.0. The molecule has 5 heteroatoms. The van der Waals surface area contributed by atoms with Crippen molar-refractivity contribution in [3.8, 4) is 0 Å². The van der Waals surface area contributed by atoms with Crippen LogP contribution in [0.25, 0.3) is 0 Å². The summed E-state index contributed by atoms with van der Waals surface area (Å²) < 4.78 is 26.8. The molecule has 3 nitrogen and oxygen atoms in total. The maximum absolute atomic E-state index is 13.7. The van der Waals surface area contributed by atoms with E-state index in [2.05, 4.69) is 4.98 Å². The van der Waals surface area contributed by atoms with E-state index in [1.165, 1.54) is 12.1 Å². The highest BCUT2D eigenvalue weighted by atomic mass is 19.1. The zero-order chi connectivity index (χ0) is 13.9. The highest BCUT2D eigenvalue weighted by Crippen LogP contribution is 2.21. The van der Waals surface area contributed by atoms with Crippen molar-refractivity contribution in [2.24, 2.45) is 0 Å². The number of pyridine rings is 1. The third-order valence-electron chi connectivity index (χ3n) is 3.50. The fourth-order valence-corrected chi connectivity index (χ4v) is 2.46. The lowest BCUT2D eigenvalue weighted by atomic mass is 10.2. The van der Waals surface area contributed by atoms with Gasteiger partial charge in [0.25, 0.3) is 0 Å². The van der Waals surface area contributed by atoms with Crippen molar-refractivity contribution in [1.29, 1.82) is 0 Å². The van der Waals surface area contributed by atoms with Crippen molar-refractivity contribution in [2.45, 2.75) is 0 Å². The number of piperazine rings is 1. The molecule has 1 fully saturated rings. The van der Waals surface area contributed by atoms with E-state index in [9.17, 15) is 8.78 Å². The number of benzene rings is 1. The van der Waals surface area contributed by atoms with Gasteiger partial charge in [-0.2, -0.15) is 4.39 Å². The van der Waals surface area contributed by atoms with Crippen molar-refractivity contribution in [3.63, 3.8) is 0 Å². The van der Waals surface area contributed by atoms with Crippen LogP contribution in [-0.2, 0) is 0 Å². The summed E-state index contributed by atoms with van der Waals surface area (Å²) >= 11 is 0. The summed E-state index contributed by atoms with van der Waals surface area (Å²) in [7, 11) is 0. The molecule has 0 radical (unpaired) electrons. The minimum absolute atomic E-state index is 0.204. The molecule has 0 saturated carbocycles. The fourth-order valence-electron chi connectivity index (χ4n) is 2.46. The first-order chi connectivity index (χ1) is 9.74. The Balaban J connectivity index is 1.70. The second-order valence-electron chi connectivity index (χ2n) is 4.74. The van der Waals surface area contributed by atoms with Crippen LogP contribution in [0.4, 0.5) is 20.3 Å². The monoisotopic (exact) mass is 275 g/mol. The second-order valence-corrected chi connectivity index (χ2v) is 4.74. The van der Waals surface area contributed by atoms with Gasteiger partial charge in [-0.3, -0.25) is 0 Å². The quantitative estimate of drug-likeness (QED) is 0.786. The Morgan fingerprint density at radius 1 is 0.800 bits per heavy atom. The molecule has 0 aliphatic carbocycles. The fraction of sp³-hybridized carbons (Fsp3) is 0.267. The van der Waals surface area contributed by atoms with Gasteiger partial charge in [-0.1, -0.05) is 18.2 Å². The van der Waals surface area contributed by atoms with Gasteiger partial charge in [-0.25, -0.2) is 9.37 Å². The minimum atomic E-state index is -0.473. The SMILES string of the molecule is Fc1cccc(N2CCN(c3ccccc3F)CC2)n1. The first kappa shape index (κ1) is 12.8. The van der Waals surface area contributed by atoms with Gasteiger partial charge in [-0.15, -0.1) is 0 Å². The van der Waals surface area contributed by atoms with Crippen LogP contribution in [0.2, 0.25) is 0 Å². The summed E-state index contributed by atoms with van der Waals surface area (Å²) in [5.74, 6) is -0.0398. The van der Waals surface area contributed by atoms with Crippen LogP contribution in [0.15, 0.2) is 42.5 Å². The van der Waals surface area contributed by atoms with Gasteiger partial charge in [0.2, 0.25) is 5.95 Å². The number of para-hydroxylation sites is 1. The van der Waals surface area contributed by atoms with Crippen molar-refractivity contribution >= 4 is 11.5 Å². The minimum Gasteiger partial charge on any atom is -0.366 e.